The van der Waals surface area contributed by atoms with Crippen LogP contribution < -0.4 is 0 Å². The summed E-state index contributed by atoms with van der Waals surface area (Å²) in [5.74, 6) is 2.32. The molecule has 132 valence electrons. The van der Waals surface area contributed by atoms with Gasteiger partial charge < -0.3 is 9.64 Å². The van der Waals surface area contributed by atoms with Gasteiger partial charge in [-0.2, -0.15) is 5.10 Å². The lowest BCUT2D eigenvalue weighted by Gasteiger charge is -2.41. The molecule has 2 saturated carbocycles. The van der Waals surface area contributed by atoms with Gasteiger partial charge >= 0.3 is 0 Å². The number of fused-ring (bicyclic) bond motifs is 1. The van der Waals surface area contributed by atoms with E-state index in [1.165, 1.54) is 32.1 Å². The summed E-state index contributed by atoms with van der Waals surface area (Å²) in [7, 11) is 1.91. The van der Waals surface area contributed by atoms with E-state index in [1.807, 2.05) is 19.4 Å². The largest absolute Gasteiger partial charge is 0.370 e. The van der Waals surface area contributed by atoms with Crippen molar-refractivity contribution in [2.45, 2.75) is 51.0 Å². The van der Waals surface area contributed by atoms with E-state index in [0.29, 0.717) is 19.1 Å². The van der Waals surface area contributed by atoms with Crippen molar-refractivity contribution >= 4 is 5.91 Å². The summed E-state index contributed by atoms with van der Waals surface area (Å²) in [6.07, 6.45) is 12.8. The predicted octanol–water partition coefficient (Wildman–Crippen LogP) is 2.93. The van der Waals surface area contributed by atoms with Crippen LogP contribution in [0.4, 0.5) is 0 Å². The fourth-order valence-corrected chi connectivity index (χ4v) is 5.01. The Hall–Kier alpha value is -1.36. The number of hydrogen-bond donors (Lipinski definition) is 0. The molecule has 1 aromatic rings. The van der Waals surface area contributed by atoms with E-state index < -0.39 is 0 Å². The van der Waals surface area contributed by atoms with Crippen LogP contribution in [0.25, 0.3) is 0 Å². The van der Waals surface area contributed by atoms with Gasteiger partial charge in [-0.05, 0) is 31.1 Å². The average Bonchev–Trinajstić information content (AvgIpc) is 3.07. The van der Waals surface area contributed by atoms with E-state index in [4.69, 9.17) is 4.74 Å². The highest BCUT2D eigenvalue weighted by Gasteiger charge is 2.37. The predicted molar refractivity (Wildman–Crippen MR) is 91.3 cm³/mol. The van der Waals surface area contributed by atoms with Crippen molar-refractivity contribution in [1.82, 2.24) is 14.7 Å². The van der Waals surface area contributed by atoms with Crippen LogP contribution in [-0.2, 0) is 16.6 Å². The second-order valence-corrected chi connectivity index (χ2v) is 7.91. The second-order valence-electron chi connectivity index (χ2n) is 7.91. The van der Waals surface area contributed by atoms with Crippen LogP contribution in [0.2, 0.25) is 0 Å². The minimum absolute atomic E-state index is 0.0255. The lowest BCUT2D eigenvalue weighted by atomic mass is 9.67. The summed E-state index contributed by atoms with van der Waals surface area (Å²) in [6, 6.07) is 0. The Labute approximate surface area is 144 Å². The molecule has 5 heteroatoms. The maximum absolute atomic E-state index is 13.1. The molecule has 0 aromatic carbocycles. The number of hydrogen-bond acceptors (Lipinski definition) is 3. The molecule has 2 aliphatic carbocycles. The van der Waals surface area contributed by atoms with Crippen molar-refractivity contribution in [1.29, 1.82) is 0 Å². The number of morpholine rings is 1. The molecule has 0 N–H and O–H groups in total. The van der Waals surface area contributed by atoms with E-state index in [9.17, 15) is 4.79 Å². The van der Waals surface area contributed by atoms with Crippen molar-refractivity contribution in [2.75, 3.05) is 19.7 Å². The zero-order valence-electron chi connectivity index (χ0n) is 14.7. The molecule has 1 saturated heterocycles. The third-order valence-electron chi connectivity index (χ3n) is 6.36. The van der Waals surface area contributed by atoms with E-state index in [-0.39, 0.29) is 12.0 Å². The number of aryl methyl sites for hydroxylation is 1. The summed E-state index contributed by atoms with van der Waals surface area (Å²) >= 11 is 0. The third kappa shape index (κ3) is 3.23. The van der Waals surface area contributed by atoms with Crippen LogP contribution >= 0.6 is 0 Å². The first-order valence-electron chi connectivity index (χ1n) is 9.59. The van der Waals surface area contributed by atoms with Gasteiger partial charge in [0, 0.05) is 31.3 Å². The smallest absolute Gasteiger partial charge is 0.225 e. The fraction of sp³-hybridized carbons (Fsp3) is 0.789. The Morgan fingerprint density at radius 2 is 2.04 bits per heavy atom. The van der Waals surface area contributed by atoms with Crippen LogP contribution in [0.15, 0.2) is 12.4 Å². The van der Waals surface area contributed by atoms with Gasteiger partial charge in [0.1, 0.15) is 6.10 Å². The summed E-state index contributed by atoms with van der Waals surface area (Å²) in [5.41, 5.74) is 1.07. The zero-order chi connectivity index (χ0) is 16.5. The standard InChI is InChI=1S/C19H29N3O2/c1-21-12-17(11-20-21)18-13-22(8-9-24-18)19(23)16-7-6-14-4-2-3-5-15(14)10-16/h11-12,14-16,18H,2-10,13H2,1H3/t14-,15-,16+,18-/m0/s1. The van der Waals surface area contributed by atoms with Crippen molar-refractivity contribution in [2.24, 2.45) is 24.8 Å². The molecular weight excluding hydrogens is 302 g/mol. The van der Waals surface area contributed by atoms with E-state index in [1.54, 1.807) is 4.68 Å². The van der Waals surface area contributed by atoms with E-state index >= 15 is 0 Å². The number of nitrogens with zero attached hydrogens (tertiary/aromatic N) is 3. The maximum Gasteiger partial charge on any atom is 0.225 e. The summed E-state index contributed by atoms with van der Waals surface area (Å²) in [6.45, 7) is 2.04. The number of aromatic nitrogens is 2. The zero-order valence-corrected chi connectivity index (χ0v) is 14.7. The molecule has 0 spiro atoms. The summed E-state index contributed by atoms with van der Waals surface area (Å²) in [4.78, 5) is 15.1. The Kier molecular flexibility index (Phi) is 4.61. The molecule has 1 amide bonds. The summed E-state index contributed by atoms with van der Waals surface area (Å²) < 4.78 is 7.68. The molecule has 24 heavy (non-hydrogen) atoms. The maximum atomic E-state index is 13.1. The van der Waals surface area contributed by atoms with Gasteiger partial charge in [-0.3, -0.25) is 9.48 Å². The molecule has 0 radical (unpaired) electrons. The van der Waals surface area contributed by atoms with Gasteiger partial charge in [-0.15, -0.1) is 0 Å². The minimum Gasteiger partial charge on any atom is -0.370 e. The number of ether oxygens (including phenoxy) is 1. The van der Waals surface area contributed by atoms with E-state index in [0.717, 1.165) is 36.8 Å². The topological polar surface area (TPSA) is 47.4 Å². The molecule has 3 fully saturated rings. The van der Waals surface area contributed by atoms with Gasteiger partial charge in [0.15, 0.2) is 0 Å². The molecule has 1 aliphatic heterocycles. The highest BCUT2D eigenvalue weighted by atomic mass is 16.5. The van der Waals surface area contributed by atoms with Crippen LogP contribution in [0.1, 0.15) is 56.6 Å². The molecule has 4 atom stereocenters. The average molecular weight is 331 g/mol. The van der Waals surface area contributed by atoms with Gasteiger partial charge in [0.05, 0.1) is 19.3 Å². The molecule has 0 unspecified atom stereocenters. The van der Waals surface area contributed by atoms with Crippen molar-refractivity contribution in [3.8, 4) is 0 Å². The first-order chi connectivity index (χ1) is 11.7. The van der Waals surface area contributed by atoms with Gasteiger partial charge in [-0.1, -0.05) is 25.7 Å². The Bertz CT molecular complexity index is 585. The van der Waals surface area contributed by atoms with Gasteiger partial charge in [-0.25, -0.2) is 0 Å². The Morgan fingerprint density at radius 3 is 2.83 bits per heavy atom. The normalized spacial score (nSPS) is 34.0. The number of rotatable bonds is 2. The highest BCUT2D eigenvalue weighted by molar-refractivity contribution is 5.79. The molecular formula is C19H29N3O2. The molecule has 0 bridgehead atoms. The second kappa shape index (κ2) is 6.87. The van der Waals surface area contributed by atoms with Crippen LogP contribution in [-0.4, -0.2) is 40.3 Å². The lowest BCUT2D eigenvalue weighted by molar-refractivity contribution is -0.145. The summed E-state index contributed by atoms with van der Waals surface area (Å²) in [5, 5.41) is 4.23. The number of carbonyl (C=O) groups is 1. The first-order valence-corrected chi connectivity index (χ1v) is 9.59. The lowest BCUT2D eigenvalue weighted by Crippen LogP contribution is -2.46. The van der Waals surface area contributed by atoms with Crippen molar-refractivity contribution < 1.29 is 9.53 Å². The molecule has 2 heterocycles. The quantitative estimate of drug-likeness (QED) is 0.837. The minimum atomic E-state index is -0.0255. The highest BCUT2D eigenvalue weighted by Crippen LogP contribution is 2.43. The van der Waals surface area contributed by atoms with Crippen molar-refractivity contribution in [3.05, 3.63) is 18.0 Å². The SMILES string of the molecule is Cn1cc([C@@H]2CN(C(=O)[C@@H]3CC[C@@H]4CCCC[C@H]4C3)CCO2)cn1. The first kappa shape index (κ1) is 16.1. The van der Waals surface area contributed by atoms with Gasteiger partial charge in [0.2, 0.25) is 5.91 Å². The monoisotopic (exact) mass is 331 g/mol. The molecule has 3 aliphatic rings. The van der Waals surface area contributed by atoms with Crippen LogP contribution in [0.5, 0.6) is 0 Å². The molecule has 5 nitrogen and oxygen atoms in total. The number of carbonyl (C=O) groups excluding carboxylic acids is 1. The van der Waals surface area contributed by atoms with Crippen LogP contribution in [0, 0.1) is 17.8 Å². The van der Waals surface area contributed by atoms with Crippen LogP contribution in [0.3, 0.4) is 0 Å². The van der Waals surface area contributed by atoms with E-state index in [2.05, 4.69) is 10.00 Å². The van der Waals surface area contributed by atoms with Crippen molar-refractivity contribution in [3.63, 3.8) is 0 Å². The molecule has 4 rings (SSSR count). The number of amides is 1. The Balaban J connectivity index is 1.38. The van der Waals surface area contributed by atoms with Gasteiger partial charge in [0.25, 0.3) is 0 Å². The fourth-order valence-electron chi connectivity index (χ4n) is 5.01. The Morgan fingerprint density at radius 1 is 1.21 bits per heavy atom. The molecule has 1 aromatic heterocycles. The third-order valence-corrected chi connectivity index (χ3v) is 6.36.